The van der Waals surface area contributed by atoms with Crippen molar-refractivity contribution in [3.63, 3.8) is 0 Å². The summed E-state index contributed by atoms with van der Waals surface area (Å²) in [4.78, 5) is 46.4. The van der Waals surface area contributed by atoms with Crippen LogP contribution >= 0.6 is 0 Å². The van der Waals surface area contributed by atoms with E-state index in [0.29, 0.717) is 24.0 Å². The van der Waals surface area contributed by atoms with Gasteiger partial charge in [0.15, 0.2) is 18.4 Å². The number of hydroxylamine groups is 2. The van der Waals surface area contributed by atoms with Gasteiger partial charge < -0.3 is 29.4 Å². The van der Waals surface area contributed by atoms with Crippen molar-refractivity contribution in [3.05, 3.63) is 41.5 Å². The van der Waals surface area contributed by atoms with Gasteiger partial charge in [-0.3, -0.25) is 14.4 Å². The van der Waals surface area contributed by atoms with Gasteiger partial charge in [-0.25, -0.2) is 4.79 Å². The maximum absolute atomic E-state index is 14.1. The zero-order valence-corrected chi connectivity index (χ0v) is 27.3. The van der Waals surface area contributed by atoms with Gasteiger partial charge in [0.1, 0.15) is 29.8 Å². The fourth-order valence-electron chi connectivity index (χ4n) is 7.40. The predicted octanol–water partition coefficient (Wildman–Crippen LogP) is 4.35. The van der Waals surface area contributed by atoms with Gasteiger partial charge in [0.25, 0.3) is 0 Å². The number of carbonyl (C=O) groups excluding carboxylic acids is 3. The summed E-state index contributed by atoms with van der Waals surface area (Å²) in [5, 5.41) is 13.7. The van der Waals surface area contributed by atoms with Crippen LogP contribution in [0.25, 0.3) is 6.08 Å². The van der Waals surface area contributed by atoms with Crippen LogP contribution < -0.4 is 5.32 Å². The number of aliphatic hydroxyl groups is 1. The second-order valence-corrected chi connectivity index (χ2v) is 12.9. The molecule has 0 aromatic heterocycles. The monoisotopic (exact) mass is 682 g/mol. The zero-order chi connectivity index (χ0) is 34.5. The number of unbranched alkanes of at least 4 members (excludes halogenated alkanes) is 4. The number of halogens is 3. The standard InChI is InChI=1S/C34H45F3N2O9/c1-3-5-9-15-32(16-10-6-4-2)46-26-24-19-33(31(43)38-17-18-40)28(30(42)45-24)39(48-29(33)27(26)47-32)20-23-12-8-7-11-22(23)13-14-25(41)44-21-34(35,36)37/h7-8,11-14,24,26-29,40H,3-6,9-10,15-21H2,1-2H3,(H,38,43)/t24-,26+,27+,28+,29-,33+/m1/s1. The van der Waals surface area contributed by atoms with Crippen LogP contribution in [-0.2, 0) is 44.7 Å². The molecular formula is C34H45F3N2O9. The van der Waals surface area contributed by atoms with Crippen LogP contribution in [0.5, 0.6) is 0 Å². The van der Waals surface area contributed by atoms with E-state index in [1.54, 1.807) is 24.3 Å². The molecule has 1 saturated carbocycles. The molecule has 48 heavy (non-hydrogen) atoms. The summed E-state index contributed by atoms with van der Waals surface area (Å²) in [7, 11) is 0. The normalized spacial score (nSPS) is 29.1. The van der Waals surface area contributed by atoms with Gasteiger partial charge in [-0.15, -0.1) is 0 Å². The van der Waals surface area contributed by atoms with Crippen LogP contribution in [0.3, 0.4) is 0 Å². The fraction of sp³-hybridized carbons (Fsp3) is 0.676. The molecule has 6 atom stereocenters. The highest BCUT2D eigenvalue weighted by atomic mass is 19.4. The number of rotatable bonds is 16. The molecular weight excluding hydrogens is 637 g/mol. The Labute approximate surface area is 278 Å². The van der Waals surface area contributed by atoms with Crippen LogP contribution in [0.2, 0.25) is 0 Å². The minimum absolute atomic E-state index is 0.0266. The van der Waals surface area contributed by atoms with E-state index in [-0.39, 0.29) is 26.1 Å². The van der Waals surface area contributed by atoms with Gasteiger partial charge in [0.2, 0.25) is 5.91 Å². The molecule has 4 aliphatic rings. The lowest BCUT2D eigenvalue weighted by atomic mass is 9.62. The lowest BCUT2D eigenvalue weighted by Gasteiger charge is -2.48. The molecule has 3 saturated heterocycles. The van der Waals surface area contributed by atoms with E-state index in [4.69, 9.17) is 19.0 Å². The van der Waals surface area contributed by atoms with Crippen LogP contribution in [0.4, 0.5) is 13.2 Å². The second-order valence-electron chi connectivity index (χ2n) is 12.9. The Hall–Kier alpha value is -3.04. The van der Waals surface area contributed by atoms with E-state index >= 15 is 0 Å². The summed E-state index contributed by atoms with van der Waals surface area (Å²) < 4.78 is 61.3. The van der Waals surface area contributed by atoms with Crippen molar-refractivity contribution < 1.29 is 56.4 Å². The van der Waals surface area contributed by atoms with Gasteiger partial charge in [-0.2, -0.15) is 18.2 Å². The molecule has 1 aromatic rings. The molecule has 1 aliphatic carbocycles. The van der Waals surface area contributed by atoms with E-state index in [1.165, 1.54) is 11.1 Å². The third-order valence-corrected chi connectivity index (χ3v) is 9.55. The molecule has 266 valence electrons. The van der Waals surface area contributed by atoms with E-state index < -0.39 is 72.3 Å². The van der Waals surface area contributed by atoms with Gasteiger partial charge in [-0.1, -0.05) is 63.8 Å². The Morgan fingerprint density at radius 2 is 1.77 bits per heavy atom. The number of carbonyl (C=O) groups is 3. The Kier molecular flexibility index (Phi) is 11.5. The minimum Gasteiger partial charge on any atom is -0.458 e. The first kappa shape index (κ1) is 36.2. The molecule has 0 spiro atoms. The number of alkyl halides is 3. The molecule has 0 unspecified atom stereocenters. The third-order valence-electron chi connectivity index (χ3n) is 9.55. The highest BCUT2D eigenvalue weighted by Gasteiger charge is 2.76. The van der Waals surface area contributed by atoms with E-state index in [0.717, 1.165) is 44.6 Å². The van der Waals surface area contributed by atoms with Gasteiger partial charge >= 0.3 is 18.1 Å². The molecule has 11 nitrogen and oxygen atoms in total. The lowest BCUT2D eigenvalue weighted by molar-refractivity contribution is -0.224. The Morgan fingerprint density at radius 1 is 1.08 bits per heavy atom. The third kappa shape index (κ3) is 7.57. The van der Waals surface area contributed by atoms with E-state index in [9.17, 15) is 32.7 Å². The predicted molar refractivity (Wildman–Crippen MR) is 164 cm³/mol. The van der Waals surface area contributed by atoms with Crippen LogP contribution in [0.1, 0.15) is 82.8 Å². The van der Waals surface area contributed by atoms with Crippen LogP contribution in [0.15, 0.2) is 30.3 Å². The number of nitrogens with zero attached hydrogens (tertiary/aromatic N) is 1. The summed E-state index contributed by atoms with van der Waals surface area (Å²) in [6.45, 7) is 2.16. The summed E-state index contributed by atoms with van der Waals surface area (Å²) in [6, 6.07) is 5.60. The van der Waals surface area contributed by atoms with Crippen molar-refractivity contribution in [2.45, 2.75) is 121 Å². The molecule has 3 heterocycles. The molecule has 0 radical (unpaired) electrons. The largest absolute Gasteiger partial charge is 0.458 e. The zero-order valence-electron chi connectivity index (χ0n) is 27.3. The van der Waals surface area contributed by atoms with Gasteiger partial charge in [0, 0.05) is 31.9 Å². The first-order valence-corrected chi connectivity index (χ1v) is 16.8. The molecule has 1 aromatic carbocycles. The number of hydrogen-bond acceptors (Lipinski definition) is 10. The first-order valence-electron chi connectivity index (χ1n) is 16.8. The summed E-state index contributed by atoms with van der Waals surface area (Å²) >= 11 is 0. The summed E-state index contributed by atoms with van der Waals surface area (Å²) in [6.07, 6.45) is 1.68. The maximum atomic E-state index is 14.1. The van der Waals surface area contributed by atoms with Crippen LogP contribution in [0, 0.1) is 5.41 Å². The SMILES string of the molecule is CCCCCC1(CCCCC)O[C@@H]2[C@H](O1)[C@H]1ON(Cc3ccccc3C=CC(=O)OCC(F)(F)F)[C@H]3C(=O)O[C@@H]2C[C@@]13C(=O)NCCO. The smallest absolute Gasteiger partial charge is 0.422 e. The quantitative estimate of drug-likeness (QED) is 0.147. The number of ether oxygens (including phenoxy) is 4. The molecule has 5 rings (SSSR count). The number of fused-ring (bicyclic) bond motifs is 4. The van der Waals surface area contributed by atoms with Crippen molar-refractivity contribution in [2.75, 3.05) is 19.8 Å². The van der Waals surface area contributed by atoms with Crippen molar-refractivity contribution in [2.24, 2.45) is 5.41 Å². The Morgan fingerprint density at radius 3 is 2.44 bits per heavy atom. The second kappa shape index (κ2) is 15.2. The average molecular weight is 683 g/mol. The van der Waals surface area contributed by atoms with E-state index in [1.807, 2.05) is 0 Å². The lowest BCUT2D eigenvalue weighted by Crippen LogP contribution is -2.69. The van der Waals surface area contributed by atoms with Crippen molar-refractivity contribution in [3.8, 4) is 0 Å². The molecule has 2 bridgehead atoms. The number of amides is 1. The van der Waals surface area contributed by atoms with Crippen LogP contribution in [-0.4, -0.2) is 90.2 Å². The highest BCUT2D eigenvalue weighted by molar-refractivity contribution is 5.93. The molecule has 1 amide bonds. The number of hydrogen-bond donors (Lipinski definition) is 2. The Balaban J connectivity index is 1.45. The highest BCUT2D eigenvalue weighted by Crippen LogP contribution is 2.58. The molecule has 14 heteroatoms. The first-order chi connectivity index (χ1) is 23.0. The van der Waals surface area contributed by atoms with Crippen molar-refractivity contribution >= 4 is 23.9 Å². The number of esters is 2. The van der Waals surface area contributed by atoms with Gasteiger partial charge in [-0.05, 0) is 30.0 Å². The molecule has 4 fully saturated rings. The van der Waals surface area contributed by atoms with Crippen molar-refractivity contribution in [1.82, 2.24) is 10.4 Å². The fourth-order valence-corrected chi connectivity index (χ4v) is 7.40. The summed E-state index contributed by atoms with van der Waals surface area (Å²) in [5.41, 5.74) is -0.398. The van der Waals surface area contributed by atoms with E-state index in [2.05, 4.69) is 23.9 Å². The molecule has 3 aliphatic heterocycles. The Bertz CT molecular complexity index is 1330. The maximum Gasteiger partial charge on any atom is 0.422 e. The van der Waals surface area contributed by atoms with Gasteiger partial charge in [0.05, 0.1) is 13.2 Å². The topological polar surface area (TPSA) is 133 Å². The number of benzene rings is 1. The number of nitrogens with one attached hydrogen (secondary N) is 1. The average Bonchev–Trinajstić information content (AvgIpc) is 3.60. The number of aliphatic hydroxyl groups excluding tert-OH is 1. The minimum atomic E-state index is -4.66. The summed E-state index contributed by atoms with van der Waals surface area (Å²) in [5.74, 6) is -3.21. The van der Waals surface area contributed by atoms with Crippen molar-refractivity contribution in [1.29, 1.82) is 0 Å². The molecule has 2 N–H and O–H groups in total.